The second kappa shape index (κ2) is 6.79. The number of hydrogen-bond donors (Lipinski definition) is 1. The van der Waals surface area contributed by atoms with Crippen molar-refractivity contribution in [1.29, 1.82) is 0 Å². The van der Waals surface area contributed by atoms with Crippen LogP contribution in [0.5, 0.6) is 5.75 Å². The Kier molecular flexibility index (Phi) is 5.06. The van der Waals surface area contributed by atoms with Gasteiger partial charge in [-0.3, -0.25) is 0 Å². The van der Waals surface area contributed by atoms with Gasteiger partial charge in [0.15, 0.2) is 0 Å². The zero-order valence-electron chi connectivity index (χ0n) is 11.2. The van der Waals surface area contributed by atoms with Gasteiger partial charge in [-0.1, -0.05) is 44.4 Å². The Morgan fingerprint density at radius 1 is 1.17 bits per heavy atom. The number of para-hydroxylation sites is 1. The van der Waals surface area contributed by atoms with Crippen LogP contribution in [0.2, 0.25) is 0 Å². The molecule has 1 fully saturated rings. The molecule has 0 aliphatic heterocycles. The summed E-state index contributed by atoms with van der Waals surface area (Å²) >= 11 is 0. The summed E-state index contributed by atoms with van der Waals surface area (Å²) in [4.78, 5) is 0. The first-order valence-corrected chi connectivity index (χ1v) is 7.15. The Labute approximate surface area is 110 Å². The molecule has 0 amide bonds. The van der Waals surface area contributed by atoms with Crippen molar-refractivity contribution in [2.75, 3.05) is 6.61 Å². The summed E-state index contributed by atoms with van der Waals surface area (Å²) in [7, 11) is 0. The van der Waals surface area contributed by atoms with Gasteiger partial charge in [-0.15, -0.1) is 0 Å². The summed E-state index contributed by atoms with van der Waals surface area (Å²) < 4.78 is 5.62. The third-order valence-electron chi connectivity index (χ3n) is 4.18. The molecule has 1 aromatic carbocycles. The first kappa shape index (κ1) is 13.4. The lowest BCUT2D eigenvalue weighted by Gasteiger charge is -2.30. The maximum Gasteiger partial charge on any atom is 0.119 e. The first-order chi connectivity index (χ1) is 8.79. The molecule has 1 atom stereocenters. The van der Waals surface area contributed by atoms with Crippen LogP contribution in [-0.4, -0.2) is 17.8 Å². The number of aliphatic hydroxyl groups excluding tert-OH is 1. The van der Waals surface area contributed by atoms with E-state index in [2.05, 4.69) is 6.92 Å². The van der Waals surface area contributed by atoms with Gasteiger partial charge in [0.1, 0.15) is 12.4 Å². The van der Waals surface area contributed by atoms with Crippen LogP contribution in [0.4, 0.5) is 0 Å². The Hall–Kier alpha value is -1.02. The topological polar surface area (TPSA) is 29.5 Å². The van der Waals surface area contributed by atoms with Crippen LogP contribution in [0.25, 0.3) is 0 Å². The molecule has 1 aliphatic rings. The molecule has 0 spiro atoms. The van der Waals surface area contributed by atoms with E-state index in [1.54, 1.807) is 0 Å². The third kappa shape index (κ3) is 3.74. The van der Waals surface area contributed by atoms with Crippen LogP contribution >= 0.6 is 0 Å². The first-order valence-electron chi connectivity index (χ1n) is 7.15. The van der Waals surface area contributed by atoms with Gasteiger partial charge < -0.3 is 9.84 Å². The molecule has 2 nitrogen and oxygen atoms in total. The van der Waals surface area contributed by atoms with Gasteiger partial charge in [0.05, 0.1) is 6.10 Å². The molecule has 0 aromatic heterocycles. The summed E-state index contributed by atoms with van der Waals surface area (Å²) in [6.45, 7) is 2.69. The van der Waals surface area contributed by atoms with E-state index in [1.165, 1.54) is 19.3 Å². The maximum atomic E-state index is 10.2. The number of aliphatic hydroxyl groups is 1. The van der Waals surface area contributed by atoms with Crippen LogP contribution in [0.3, 0.4) is 0 Å². The molecular formula is C16H24O2. The van der Waals surface area contributed by atoms with E-state index in [0.29, 0.717) is 12.5 Å². The van der Waals surface area contributed by atoms with Crippen molar-refractivity contribution in [1.82, 2.24) is 0 Å². The quantitative estimate of drug-likeness (QED) is 0.862. The summed E-state index contributed by atoms with van der Waals surface area (Å²) in [6.07, 6.45) is 5.80. The molecule has 0 radical (unpaired) electrons. The van der Waals surface area contributed by atoms with Crippen molar-refractivity contribution in [2.45, 2.75) is 45.1 Å². The highest BCUT2D eigenvalue weighted by molar-refractivity contribution is 5.20. The zero-order valence-corrected chi connectivity index (χ0v) is 11.2. The van der Waals surface area contributed by atoms with E-state index in [1.807, 2.05) is 30.3 Å². The molecule has 1 N–H and O–H groups in total. The van der Waals surface area contributed by atoms with Gasteiger partial charge in [0.2, 0.25) is 0 Å². The van der Waals surface area contributed by atoms with Crippen molar-refractivity contribution in [2.24, 2.45) is 11.8 Å². The van der Waals surface area contributed by atoms with Crippen LogP contribution in [-0.2, 0) is 0 Å². The second-order valence-electron chi connectivity index (χ2n) is 5.38. The van der Waals surface area contributed by atoms with Crippen LogP contribution in [0, 0.1) is 11.8 Å². The summed E-state index contributed by atoms with van der Waals surface area (Å²) in [5.41, 5.74) is 0. The van der Waals surface area contributed by atoms with E-state index in [9.17, 15) is 5.11 Å². The van der Waals surface area contributed by atoms with Gasteiger partial charge in [-0.25, -0.2) is 0 Å². The van der Waals surface area contributed by atoms with Crippen molar-refractivity contribution in [3.8, 4) is 5.75 Å². The van der Waals surface area contributed by atoms with Gasteiger partial charge in [-0.05, 0) is 36.8 Å². The second-order valence-corrected chi connectivity index (χ2v) is 5.38. The van der Waals surface area contributed by atoms with Gasteiger partial charge in [-0.2, -0.15) is 0 Å². The lowest BCUT2D eigenvalue weighted by Crippen LogP contribution is -2.30. The highest BCUT2D eigenvalue weighted by atomic mass is 16.5. The minimum absolute atomic E-state index is 0.317. The van der Waals surface area contributed by atoms with Crippen molar-refractivity contribution in [3.63, 3.8) is 0 Å². The van der Waals surface area contributed by atoms with Crippen molar-refractivity contribution in [3.05, 3.63) is 30.3 Å². The largest absolute Gasteiger partial charge is 0.491 e. The molecule has 18 heavy (non-hydrogen) atoms. The third-order valence-corrected chi connectivity index (χ3v) is 4.18. The highest BCUT2D eigenvalue weighted by Gasteiger charge is 2.25. The lowest BCUT2D eigenvalue weighted by atomic mass is 9.78. The van der Waals surface area contributed by atoms with Crippen LogP contribution in [0.1, 0.15) is 39.0 Å². The molecule has 100 valence electrons. The molecule has 1 saturated carbocycles. The predicted octanol–water partition coefficient (Wildman–Crippen LogP) is 3.64. The lowest BCUT2D eigenvalue weighted by molar-refractivity contribution is 0.0339. The maximum absolute atomic E-state index is 10.2. The fraction of sp³-hybridized carbons (Fsp3) is 0.625. The average Bonchev–Trinajstić information content (AvgIpc) is 2.46. The molecule has 1 aromatic rings. The van der Waals surface area contributed by atoms with E-state index in [0.717, 1.165) is 24.5 Å². The van der Waals surface area contributed by atoms with Gasteiger partial charge in [0, 0.05) is 0 Å². The minimum Gasteiger partial charge on any atom is -0.491 e. The Morgan fingerprint density at radius 2 is 1.83 bits per heavy atom. The standard InChI is InChI=1S/C16H24O2/c1-2-13-8-10-14(11-9-13)16(17)12-18-15-6-4-3-5-7-15/h3-7,13-14,16-17H,2,8-12H2,1H3. The fourth-order valence-corrected chi connectivity index (χ4v) is 2.82. The molecule has 0 saturated heterocycles. The monoisotopic (exact) mass is 248 g/mol. The highest BCUT2D eigenvalue weighted by Crippen LogP contribution is 2.32. The summed E-state index contributed by atoms with van der Waals surface area (Å²) in [5, 5.41) is 10.2. The molecule has 0 bridgehead atoms. The SMILES string of the molecule is CCC1CCC(C(O)COc2ccccc2)CC1. The minimum atomic E-state index is -0.317. The Morgan fingerprint density at radius 3 is 2.44 bits per heavy atom. The van der Waals surface area contributed by atoms with Crippen molar-refractivity contribution >= 4 is 0 Å². The van der Waals surface area contributed by atoms with E-state index in [-0.39, 0.29) is 6.10 Å². The number of hydrogen-bond acceptors (Lipinski definition) is 2. The predicted molar refractivity (Wildman–Crippen MR) is 73.7 cm³/mol. The number of rotatable bonds is 5. The number of benzene rings is 1. The van der Waals surface area contributed by atoms with Crippen LogP contribution in [0.15, 0.2) is 30.3 Å². The van der Waals surface area contributed by atoms with E-state index >= 15 is 0 Å². The number of ether oxygens (including phenoxy) is 1. The Bertz CT molecular complexity index is 328. The molecular weight excluding hydrogens is 224 g/mol. The fourth-order valence-electron chi connectivity index (χ4n) is 2.82. The average molecular weight is 248 g/mol. The molecule has 2 heteroatoms. The van der Waals surface area contributed by atoms with E-state index < -0.39 is 0 Å². The van der Waals surface area contributed by atoms with Crippen molar-refractivity contribution < 1.29 is 9.84 Å². The van der Waals surface area contributed by atoms with Gasteiger partial charge >= 0.3 is 0 Å². The molecule has 0 heterocycles. The molecule has 2 rings (SSSR count). The van der Waals surface area contributed by atoms with E-state index in [4.69, 9.17) is 4.74 Å². The smallest absolute Gasteiger partial charge is 0.119 e. The van der Waals surface area contributed by atoms with Gasteiger partial charge in [0.25, 0.3) is 0 Å². The molecule has 1 aliphatic carbocycles. The Balaban J connectivity index is 1.73. The summed E-state index contributed by atoms with van der Waals surface area (Å²) in [6, 6.07) is 9.74. The normalized spacial score (nSPS) is 25.7. The van der Waals surface area contributed by atoms with Crippen LogP contribution < -0.4 is 4.74 Å². The zero-order chi connectivity index (χ0) is 12.8. The molecule has 1 unspecified atom stereocenters. The summed E-state index contributed by atoms with van der Waals surface area (Å²) in [5.74, 6) is 2.15.